The summed E-state index contributed by atoms with van der Waals surface area (Å²) in [5, 5.41) is 0. The molecule has 3 heteroatoms. The Kier molecular flexibility index (Phi) is 7.97. The fourth-order valence-corrected chi connectivity index (χ4v) is 1.44. The third-order valence-electron chi connectivity index (χ3n) is 1.76. The molecule has 1 nitrogen and oxygen atoms in total. The Morgan fingerprint density at radius 3 is 2.31 bits per heavy atom. The van der Waals surface area contributed by atoms with Crippen LogP contribution < -0.4 is 4.74 Å². The van der Waals surface area contributed by atoms with E-state index in [2.05, 4.69) is 34.7 Å². The second kappa shape index (κ2) is 7.75. The summed E-state index contributed by atoms with van der Waals surface area (Å²) in [7, 11) is 1.69. The van der Waals surface area contributed by atoms with E-state index < -0.39 is 0 Å². The molecule has 1 aromatic rings. The van der Waals surface area contributed by atoms with Crippen molar-refractivity contribution >= 4 is 22.6 Å². The Morgan fingerprint density at radius 2 is 1.85 bits per heavy atom. The molecule has 0 saturated heterocycles. The van der Waals surface area contributed by atoms with E-state index in [4.69, 9.17) is 4.74 Å². The number of alkyl halides is 1. The van der Waals surface area contributed by atoms with Crippen molar-refractivity contribution in [3.8, 4) is 5.75 Å². The number of hydrogen-bond donors (Lipinski definition) is 0. The Hall–Kier alpha value is 0.373. The van der Waals surface area contributed by atoms with Gasteiger partial charge in [0, 0.05) is 19.5 Å². The van der Waals surface area contributed by atoms with Gasteiger partial charge in [-0.3, -0.25) is 0 Å². The van der Waals surface area contributed by atoms with Gasteiger partial charge in [0.05, 0.1) is 7.11 Å². The van der Waals surface area contributed by atoms with Gasteiger partial charge in [0.2, 0.25) is 0 Å². The zero-order chi connectivity index (χ0) is 8.81. The summed E-state index contributed by atoms with van der Waals surface area (Å²) in [5.74, 6) is 0.938. The van der Waals surface area contributed by atoms with Crippen molar-refractivity contribution in [3.63, 3.8) is 0 Å². The standard InChI is InChI=1S/C10H13IO.Zn/c1-12-10-6-4-9(5-7-10)3-2-8-11;/h4-7H,2-3,8H2,1H3;. The van der Waals surface area contributed by atoms with Gasteiger partial charge < -0.3 is 4.74 Å². The van der Waals surface area contributed by atoms with Crippen molar-refractivity contribution in [3.05, 3.63) is 29.8 Å². The summed E-state index contributed by atoms with van der Waals surface area (Å²) in [5.41, 5.74) is 1.40. The molecule has 0 spiro atoms. The first kappa shape index (κ1) is 13.4. The van der Waals surface area contributed by atoms with Crippen molar-refractivity contribution in [2.75, 3.05) is 11.5 Å². The van der Waals surface area contributed by atoms with Gasteiger partial charge in [0.15, 0.2) is 0 Å². The average molecular weight is 342 g/mol. The van der Waals surface area contributed by atoms with Crippen LogP contribution in [0.15, 0.2) is 24.3 Å². The van der Waals surface area contributed by atoms with Gasteiger partial charge in [-0.15, -0.1) is 0 Å². The summed E-state index contributed by atoms with van der Waals surface area (Å²) in [4.78, 5) is 0. The quantitative estimate of drug-likeness (QED) is 0.465. The Balaban J connectivity index is 0.00000144. The first-order valence-electron chi connectivity index (χ1n) is 4.05. The molecule has 68 valence electrons. The molecule has 1 rings (SSSR count). The molecule has 0 amide bonds. The maximum Gasteiger partial charge on any atom is 0.118 e. The summed E-state index contributed by atoms with van der Waals surface area (Å²) in [6, 6.07) is 8.29. The third-order valence-corrected chi connectivity index (χ3v) is 2.52. The maximum atomic E-state index is 5.07. The summed E-state index contributed by atoms with van der Waals surface area (Å²) < 4.78 is 6.30. The molecular formula is C10H13IOZn. The first-order valence-corrected chi connectivity index (χ1v) is 5.58. The van der Waals surface area contributed by atoms with Crippen LogP contribution in [-0.4, -0.2) is 11.5 Å². The van der Waals surface area contributed by atoms with E-state index in [1.807, 2.05) is 12.1 Å². The van der Waals surface area contributed by atoms with Crippen LogP contribution in [0.3, 0.4) is 0 Å². The van der Waals surface area contributed by atoms with E-state index in [1.54, 1.807) is 7.11 Å². The Morgan fingerprint density at radius 1 is 1.23 bits per heavy atom. The van der Waals surface area contributed by atoms with E-state index in [0.717, 1.165) is 5.75 Å². The molecule has 0 aromatic heterocycles. The molecule has 0 heterocycles. The number of rotatable bonds is 4. The summed E-state index contributed by atoms with van der Waals surface area (Å²) in [6.45, 7) is 0. The second-order valence-electron chi connectivity index (χ2n) is 2.64. The topological polar surface area (TPSA) is 9.23 Å². The third kappa shape index (κ3) is 4.97. The number of benzene rings is 1. The van der Waals surface area contributed by atoms with E-state index in [0.29, 0.717) is 0 Å². The molecule has 0 aliphatic heterocycles. The summed E-state index contributed by atoms with van der Waals surface area (Å²) >= 11 is 2.40. The number of methoxy groups -OCH3 is 1. The van der Waals surface area contributed by atoms with E-state index in [9.17, 15) is 0 Å². The van der Waals surface area contributed by atoms with Crippen molar-refractivity contribution in [2.45, 2.75) is 12.8 Å². The molecule has 0 bridgehead atoms. The van der Waals surface area contributed by atoms with Gasteiger partial charge in [-0.05, 0) is 35.0 Å². The van der Waals surface area contributed by atoms with Crippen LogP contribution in [0, 0.1) is 0 Å². The molecule has 13 heavy (non-hydrogen) atoms. The Labute approximate surface area is 106 Å². The van der Waals surface area contributed by atoms with Crippen LogP contribution in [-0.2, 0) is 25.9 Å². The van der Waals surface area contributed by atoms with Crippen LogP contribution in [0.1, 0.15) is 12.0 Å². The number of ether oxygens (including phenoxy) is 1. The molecule has 0 fully saturated rings. The van der Waals surface area contributed by atoms with E-state index in [1.165, 1.54) is 22.8 Å². The molecule has 0 saturated carbocycles. The van der Waals surface area contributed by atoms with Crippen LogP contribution in [0.2, 0.25) is 0 Å². The molecule has 0 N–H and O–H groups in total. The first-order chi connectivity index (χ1) is 5.86. The zero-order valence-corrected chi connectivity index (χ0v) is 13.0. The largest absolute Gasteiger partial charge is 0.497 e. The van der Waals surface area contributed by atoms with E-state index in [-0.39, 0.29) is 19.5 Å². The predicted octanol–water partition coefficient (Wildman–Crippen LogP) is 3.06. The van der Waals surface area contributed by atoms with Crippen molar-refractivity contribution < 1.29 is 24.2 Å². The van der Waals surface area contributed by atoms with Gasteiger partial charge in [-0.2, -0.15) is 0 Å². The molecular weight excluding hydrogens is 328 g/mol. The number of hydrogen-bond acceptors (Lipinski definition) is 1. The molecule has 0 radical (unpaired) electrons. The van der Waals surface area contributed by atoms with Crippen molar-refractivity contribution in [2.24, 2.45) is 0 Å². The van der Waals surface area contributed by atoms with Crippen LogP contribution in [0.5, 0.6) is 5.75 Å². The van der Waals surface area contributed by atoms with Gasteiger partial charge in [-0.1, -0.05) is 34.7 Å². The minimum Gasteiger partial charge on any atom is -0.497 e. The van der Waals surface area contributed by atoms with Crippen molar-refractivity contribution in [1.29, 1.82) is 0 Å². The number of aryl methyl sites for hydroxylation is 1. The van der Waals surface area contributed by atoms with Crippen molar-refractivity contribution in [1.82, 2.24) is 0 Å². The van der Waals surface area contributed by atoms with Crippen LogP contribution >= 0.6 is 22.6 Å². The van der Waals surface area contributed by atoms with E-state index >= 15 is 0 Å². The van der Waals surface area contributed by atoms with Gasteiger partial charge in [0.25, 0.3) is 0 Å². The fraction of sp³-hybridized carbons (Fsp3) is 0.400. The normalized spacial score (nSPS) is 9.08. The smallest absolute Gasteiger partial charge is 0.118 e. The van der Waals surface area contributed by atoms with Crippen LogP contribution in [0.25, 0.3) is 0 Å². The monoisotopic (exact) mass is 340 g/mol. The predicted molar refractivity (Wildman–Crippen MR) is 60.2 cm³/mol. The van der Waals surface area contributed by atoms with Gasteiger partial charge in [0.1, 0.15) is 5.75 Å². The SMILES string of the molecule is COc1ccc(CCCI)cc1.[Zn]. The summed E-state index contributed by atoms with van der Waals surface area (Å²) in [6.07, 6.45) is 2.43. The zero-order valence-electron chi connectivity index (χ0n) is 7.92. The molecule has 0 aliphatic rings. The molecule has 0 unspecified atom stereocenters. The average Bonchev–Trinajstić information content (AvgIpc) is 2.15. The minimum absolute atomic E-state index is 0. The molecule has 0 aliphatic carbocycles. The molecule has 0 atom stereocenters. The maximum absolute atomic E-state index is 5.07. The fourth-order valence-electron chi connectivity index (χ4n) is 1.06. The minimum atomic E-state index is 0. The van der Waals surface area contributed by atoms with Gasteiger partial charge >= 0.3 is 0 Å². The number of halogens is 1. The van der Waals surface area contributed by atoms with Crippen LogP contribution in [0.4, 0.5) is 0 Å². The second-order valence-corrected chi connectivity index (χ2v) is 3.72. The Bertz CT molecular complexity index is 223. The molecule has 1 aromatic carbocycles. The van der Waals surface area contributed by atoms with Gasteiger partial charge in [-0.25, -0.2) is 0 Å².